The Bertz CT molecular complexity index is 1050. The van der Waals surface area contributed by atoms with Crippen LogP contribution in [0.2, 0.25) is 0 Å². The Morgan fingerprint density at radius 1 is 0.931 bits per heavy atom. The van der Waals surface area contributed by atoms with Gasteiger partial charge in [-0.25, -0.2) is 4.79 Å². The summed E-state index contributed by atoms with van der Waals surface area (Å²) in [6, 6.07) is 20.6. The number of carbonyl (C=O) groups excluding carboxylic acids is 1. The highest BCUT2D eigenvalue weighted by molar-refractivity contribution is 5.87. The van der Waals surface area contributed by atoms with E-state index in [0.29, 0.717) is 5.57 Å². The van der Waals surface area contributed by atoms with E-state index in [1.165, 1.54) is 11.1 Å². The maximum Gasteiger partial charge on any atom is 0.333 e. The van der Waals surface area contributed by atoms with Crippen LogP contribution in [-0.2, 0) is 22.7 Å². The Balaban J connectivity index is 1.97. The maximum absolute atomic E-state index is 11.8. The fraction of sp³-hybridized carbons (Fsp3) is 0.192. The minimum atomic E-state index is -0.420. The monoisotopic (exact) mass is 386 g/mol. The van der Waals surface area contributed by atoms with Crippen LogP contribution in [-0.4, -0.2) is 11.1 Å². The molecule has 0 unspecified atom stereocenters. The minimum absolute atomic E-state index is 0.0624. The first kappa shape index (κ1) is 20.6. The van der Waals surface area contributed by atoms with Gasteiger partial charge in [-0.3, -0.25) is 0 Å². The summed E-state index contributed by atoms with van der Waals surface area (Å²) in [6.45, 7) is 9.48. The van der Waals surface area contributed by atoms with Crippen molar-refractivity contribution in [2.75, 3.05) is 0 Å². The van der Waals surface area contributed by atoms with Crippen LogP contribution in [0.4, 0.5) is 0 Å². The molecule has 0 saturated carbocycles. The molecular formula is C26H26O3. The maximum atomic E-state index is 11.8. The number of esters is 1. The van der Waals surface area contributed by atoms with Crippen molar-refractivity contribution in [2.45, 2.75) is 34.0 Å². The van der Waals surface area contributed by atoms with E-state index in [2.05, 4.69) is 62.9 Å². The molecule has 0 radical (unpaired) electrons. The molecule has 3 heteroatoms. The van der Waals surface area contributed by atoms with Crippen molar-refractivity contribution in [1.82, 2.24) is 0 Å². The van der Waals surface area contributed by atoms with Crippen LogP contribution in [0, 0.1) is 13.8 Å². The standard InChI is InChI=1S/C26H26O3/c1-17(2)26(28)29-16-23-14-20(15-27)7-11-25(23)24-12-10-22(13-19(24)4)21-8-5-18(3)6-9-21/h5-14,27H,1,15-16H2,2-4H3. The number of carbonyl (C=O) groups is 1. The van der Waals surface area contributed by atoms with Gasteiger partial charge >= 0.3 is 5.97 Å². The summed E-state index contributed by atoms with van der Waals surface area (Å²) >= 11 is 0. The fourth-order valence-electron chi connectivity index (χ4n) is 3.29. The van der Waals surface area contributed by atoms with Crippen LogP contribution in [0.1, 0.15) is 29.2 Å². The highest BCUT2D eigenvalue weighted by Crippen LogP contribution is 2.32. The molecule has 0 atom stereocenters. The molecule has 0 saturated heterocycles. The van der Waals surface area contributed by atoms with Crippen LogP contribution in [0.3, 0.4) is 0 Å². The molecule has 0 aliphatic heterocycles. The minimum Gasteiger partial charge on any atom is -0.457 e. The van der Waals surface area contributed by atoms with Crippen molar-refractivity contribution in [1.29, 1.82) is 0 Å². The molecule has 0 amide bonds. The molecule has 3 rings (SSSR count). The van der Waals surface area contributed by atoms with E-state index in [9.17, 15) is 9.90 Å². The summed E-state index contributed by atoms with van der Waals surface area (Å²) < 4.78 is 5.38. The summed E-state index contributed by atoms with van der Waals surface area (Å²) in [6.07, 6.45) is 0. The van der Waals surface area contributed by atoms with Gasteiger partial charge in [-0.15, -0.1) is 0 Å². The lowest BCUT2D eigenvalue weighted by Crippen LogP contribution is -2.06. The third-order valence-corrected chi connectivity index (χ3v) is 4.96. The third-order valence-electron chi connectivity index (χ3n) is 4.96. The van der Waals surface area contributed by atoms with Crippen molar-refractivity contribution < 1.29 is 14.6 Å². The topological polar surface area (TPSA) is 46.5 Å². The molecule has 3 aromatic rings. The molecule has 29 heavy (non-hydrogen) atoms. The van der Waals surface area contributed by atoms with Crippen molar-refractivity contribution in [3.8, 4) is 22.3 Å². The molecule has 0 fully saturated rings. The second-order valence-corrected chi connectivity index (χ2v) is 7.40. The summed E-state index contributed by atoms with van der Waals surface area (Å²) in [4.78, 5) is 11.8. The quantitative estimate of drug-likeness (QED) is 0.433. The van der Waals surface area contributed by atoms with Gasteiger partial charge < -0.3 is 9.84 Å². The van der Waals surface area contributed by atoms with E-state index in [-0.39, 0.29) is 13.2 Å². The largest absolute Gasteiger partial charge is 0.457 e. The van der Waals surface area contributed by atoms with Crippen molar-refractivity contribution in [3.63, 3.8) is 0 Å². The smallest absolute Gasteiger partial charge is 0.333 e. The van der Waals surface area contributed by atoms with E-state index in [1.807, 2.05) is 18.2 Å². The van der Waals surface area contributed by atoms with Crippen molar-refractivity contribution in [2.24, 2.45) is 0 Å². The van der Waals surface area contributed by atoms with Crippen LogP contribution in [0.5, 0.6) is 0 Å². The number of hydrogen-bond donors (Lipinski definition) is 1. The molecular weight excluding hydrogens is 360 g/mol. The van der Waals surface area contributed by atoms with Gasteiger partial charge in [0.05, 0.1) is 6.61 Å². The first-order chi connectivity index (χ1) is 13.9. The van der Waals surface area contributed by atoms with E-state index < -0.39 is 5.97 Å². The van der Waals surface area contributed by atoms with Gasteiger partial charge in [-0.1, -0.05) is 66.7 Å². The van der Waals surface area contributed by atoms with Crippen LogP contribution in [0.25, 0.3) is 22.3 Å². The Hall–Kier alpha value is -3.17. The lowest BCUT2D eigenvalue weighted by Gasteiger charge is -2.15. The van der Waals surface area contributed by atoms with E-state index in [0.717, 1.165) is 33.4 Å². The molecule has 0 aliphatic rings. The van der Waals surface area contributed by atoms with Crippen LogP contribution < -0.4 is 0 Å². The van der Waals surface area contributed by atoms with E-state index >= 15 is 0 Å². The lowest BCUT2D eigenvalue weighted by atomic mass is 9.92. The summed E-state index contributed by atoms with van der Waals surface area (Å²) in [5, 5.41) is 9.50. The predicted molar refractivity (Wildman–Crippen MR) is 117 cm³/mol. The average molecular weight is 386 g/mol. The number of aryl methyl sites for hydroxylation is 2. The van der Waals surface area contributed by atoms with E-state index in [4.69, 9.17) is 4.74 Å². The Morgan fingerprint density at radius 2 is 1.59 bits per heavy atom. The highest BCUT2D eigenvalue weighted by atomic mass is 16.5. The van der Waals surface area contributed by atoms with Crippen LogP contribution in [0.15, 0.2) is 72.8 Å². The summed E-state index contributed by atoms with van der Waals surface area (Å²) in [7, 11) is 0. The number of rotatable bonds is 6. The molecule has 0 spiro atoms. The molecule has 3 aromatic carbocycles. The second-order valence-electron chi connectivity index (χ2n) is 7.40. The Kier molecular flexibility index (Phi) is 6.30. The highest BCUT2D eigenvalue weighted by Gasteiger charge is 2.12. The molecule has 3 nitrogen and oxygen atoms in total. The second kappa shape index (κ2) is 8.89. The molecule has 0 aromatic heterocycles. The molecule has 0 heterocycles. The number of ether oxygens (including phenoxy) is 1. The SMILES string of the molecule is C=C(C)C(=O)OCc1cc(CO)ccc1-c1ccc(-c2ccc(C)cc2)cc1C. The average Bonchev–Trinajstić information content (AvgIpc) is 2.72. The number of hydrogen-bond acceptors (Lipinski definition) is 3. The van der Waals surface area contributed by atoms with Crippen molar-refractivity contribution >= 4 is 5.97 Å². The summed E-state index contributed by atoms with van der Waals surface area (Å²) in [5.41, 5.74) is 8.78. The van der Waals surface area contributed by atoms with Gasteiger partial charge in [-0.05, 0) is 65.8 Å². The molecule has 0 bridgehead atoms. The van der Waals surface area contributed by atoms with Gasteiger partial charge in [0.15, 0.2) is 0 Å². The predicted octanol–water partition coefficient (Wildman–Crippen LogP) is 5.75. The zero-order chi connectivity index (χ0) is 21.0. The first-order valence-electron chi connectivity index (χ1n) is 9.62. The van der Waals surface area contributed by atoms with Gasteiger partial charge in [-0.2, -0.15) is 0 Å². The Labute approximate surface area is 172 Å². The van der Waals surface area contributed by atoms with Crippen LogP contribution >= 0.6 is 0 Å². The lowest BCUT2D eigenvalue weighted by molar-refractivity contribution is -0.140. The number of aliphatic hydroxyl groups excluding tert-OH is 1. The molecule has 0 aliphatic carbocycles. The third kappa shape index (κ3) is 4.82. The fourth-order valence-corrected chi connectivity index (χ4v) is 3.29. The molecule has 148 valence electrons. The Morgan fingerprint density at radius 3 is 2.21 bits per heavy atom. The molecule has 1 N–H and O–H groups in total. The van der Waals surface area contributed by atoms with Gasteiger partial charge in [0, 0.05) is 5.57 Å². The van der Waals surface area contributed by atoms with Gasteiger partial charge in [0.1, 0.15) is 6.61 Å². The van der Waals surface area contributed by atoms with Gasteiger partial charge in [0.2, 0.25) is 0 Å². The normalized spacial score (nSPS) is 10.6. The van der Waals surface area contributed by atoms with Gasteiger partial charge in [0.25, 0.3) is 0 Å². The number of aliphatic hydroxyl groups is 1. The van der Waals surface area contributed by atoms with Crippen molar-refractivity contribution in [3.05, 3.63) is 95.1 Å². The summed E-state index contributed by atoms with van der Waals surface area (Å²) in [5.74, 6) is -0.420. The zero-order valence-electron chi connectivity index (χ0n) is 17.2. The number of benzene rings is 3. The van der Waals surface area contributed by atoms with E-state index in [1.54, 1.807) is 6.92 Å². The zero-order valence-corrected chi connectivity index (χ0v) is 17.2. The first-order valence-corrected chi connectivity index (χ1v) is 9.62.